The van der Waals surface area contributed by atoms with Crippen LogP contribution in [0.4, 0.5) is 0 Å². The number of aryl methyl sites for hydroxylation is 1. The molecule has 0 aliphatic carbocycles. The maximum absolute atomic E-state index is 12.1. The van der Waals surface area contributed by atoms with Crippen molar-refractivity contribution in [2.45, 2.75) is 11.5 Å². The highest BCUT2D eigenvalue weighted by molar-refractivity contribution is 9.09. The van der Waals surface area contributed by atoms with E-state index in [1.54, 1.807) is 7.05 Å². The van der Waals surface area contributed by atoms with Gasteiger partial charge in [0.25, 0.3) is 5.91 Å². The molecular weight excluding hydrogens is 464 g/mol. The molecule has 2 atom stereocenters. The summed E-state index contributed by atoms with van der Waals surface area (Å²) in [6, 6.07) is 0. The number of carboxylic acid groups (broad SMARTS) is 1. The first kappa shape index (κ1) is 21.4. The van der Waals surface area contributed by atoms with Gasteiger partial charge in [-0.2, -0.15) is 0 Å². The second-order valence-corrected chi connectivity index (χ2v) is 7.33. The van der Waals surface area contributed by atoms with Gasteiger partial charge in [0.1, 0.15) is 11.1 Å². The van der Waals surface area contributed by atoms with E-state index in [0.29, 0.717) is 17.2 Å². The summed E-state index contributed by atoms with van der Waals surface area (Å²) in [5.74, 6) is -1.28. The monoisotopic (exact) mass is 478 g/mol. The Morgan fingerprint density at radius 1 is 1.52 bits per heavy atom. The van der Waals surface area contributed by atoms with Gasteiger partial charge in [0.15, 0.2) is 11.9 Å². The van der Waals surface area contributed by atoms with E-state index < -0.39 is 12.1 Å². The molecule has 0 radical (unpaired) electrons. The van der Waals surface area contributed by atoms with Gasteiger partial charge in [-0.25, -0.2) is 9.48 Å². The average Bonchev–Trinajstić information content (AvgIpc) is 3.06. The van der Waals surface area contributed by atoms with Crippen molar-refractivity contribution in [3.05, 3.63) is 17.1 Å². The third-order valence-corrected chi connectivity index (χ3v) is 5.84. The maximum atomic E-state index is 12.1. The fourth-order valence-electron chi connectivity index (χ4n) is 2.40. The van der Waals surface area contributed by atoms with Crippen LogP contribution in [0.25, 0.3) is 0 Å². The number of thiocarbonyl (C=S) groups is 1. The maximum Gasteiger partial charge on any atom is 0.353 e. The van der Waals surface area contributed by atoms with Crippen LogP contribution in [0.3, 0.4) is 0 Å². The molecule has 27 heavy (non-hydrogen) atoms. The van der Waals surface area contributed by atoms with E-state index in [9.17, 15) is 19.5 Å². The van der Waals surface area contributed by atoms with Crippen LogP contribution in [0, 0.1) is 0 Å². The predicted molar refractivity (Wildman–Crippen MR) is 102 cm³/mol. The van der Waals surface area contributed by atoms with Crippen LogP contribution >= 0.6 is 39.9 Å². The number of nitrogens with two attached hydrogens (primary N) is 1. The van der Waals surface area contributed by atoms with Crippen LogP contribution in [0.2, 0.25) is 0 Å². The van der Waals surface area contributed by atoms with Crippen molar-refractivity contribution in [2.24, 2.45) is 12.8 Å². The Labute approximate surface area is 171 Å². The Balaban J connectivity index is 0.000000465. The highest BCUT2D eigenvalue weighted by Gasteiger charge is 2.54. The number of hydrogen-bond acceptors (Lipinski definition) is 9. The van der Waals surface area contributed by atoms with Crippen LogP contribution in [-0.2, 0) is 26.2 Å². The van der Waals surface area contributed by atoms with Gasteiger partial charge >= 0.3 is 5.97 Å². The molecule has 0 unspecified atom stereocenters. The largest absolute Gasteiger partial charge is 0.477 e. The summed E-state index contributed by atoms with van der Waals surface area (Å²) in [4.78, 5) is 34.7. The number of hydrogen-bond donors (Lipinski definition) is 2. The number of tetrazole rings is 1. The number of fused-ring (bicyclic) bond motifs is 1. The van der Waals surface area contributed by atoms with Gasteiger partial charge in [-0.1, -0.05) is 28.1 Å². The minimum atomic E-state index is -1.21. The molecule has 2 aliphatic rings. The molecule has 1 aromatic heterocycles. The standard InChI is InChI=1S/C11H11N5O4S2.C2H4BrNO/c1-15-8(12-13-14-15)7(21)4-3-22-10-6(20-2)9(17)16(10)5(4)11(18)19;3-1-2(4)5/h6,10H,3H2,1-2H3,(H,18,19);1H2,(H2,4,5)/t6-,10+;/m1./s1. The molecule has 1 saturated heterocycles. The Hall–Kier alpha value is -1.90. The number of halogens is 1. The molecule has 0 saturated carbocycles. The lowest BCUT2D eigenvalue weighted by atomic mass is 10.0. The Morgan fingerprint density at radius 3 is 2.59 bits per heavy atom. The molecule has 0 spiro atoms. The number of ether oxygens (including phenoxy) is 1. The number of primary amides is 1. The van der Waals surface area contributed by atoms with Crippen molar-refractivity contribution in [3.8, 4) is 0 Å². The van der Waals surface area contributed by atoms with Gasteiger partial charge in [-0.15, -0.1) is 16.9 Å². The van der Waals surface area contributed by atoms with Gasteiger partial charge in [0.05, 0.1) is 10.2 Å². The summed E-state index contributed by atoms with van der Waals surface area (Å²) in [5, 5.41) is 20.4. The van der Waals surface area contributed by atoms with E-state index >= 15 is 0 Å². The predicted octanol–water partition coefficient (Wildman–Crippen LogP) is -0.936. The van der Waals surface area contributed by atoms with Gasteiger partial charge in [-0.3, -0.25) is 14.5 Å². The Kier molecular flexibility index (Phi) is 7.02. The zero-order chi connectivity index (χ0) is 20.3. The fraction of sp³-hybridized carbons (Fsp3) is 0.462. The van der Waals surface area contributed by atoms with Gasteiger partial charge in [0, 0.05) is 25.5 Å². The van der Waals surface area contributed by atoms with Crippen molar-refractivity contribution >= 4 is 62.6 Å². The first-order valence-corrected chi connectivity index (χ1v) is 9.87. The number of methoxy groups -OCH3 is 1. The highest BCUT2D eigenvalue weighted by atomic mass is 79.9. The number of thioether (sulfide) groups is 1. The second-order valence-electron chi connectivity index (χ2n) is 5.25. The molecular formula is C13H15BrN6O5S2. The number of aromatic nitrogens is 4. The molecule has 0 aromatic carbocycles. The highest BCUT2D eigenvalue weighted by Crippen LogP contribution is 2.42. The molecule has 1 aromatic rings. The van der Waals surface area contributed by atoms with Gasteiger partial charge < -0.3 is 15.6 Å². The third kappa shape index (κ3) is 4.17. The molecule has 2 amide bonds. The molecule has 3 heterocycles. The van der Waals surface area contributed by atoms with Crippen molar-refractivity contribution in [1.29, 1.82) is 0 Å². The number of amides is 2. The van der Waals surface area contributed by atoms with E-state index in [-0.39, 0.29) is 33.1 Å². The molecule has 146 valence electrons. The van der Waals surface area contributed by atoms with E-state index in [1.165, 1.54) is 28.5 Å². The molecule has 14 heteroatoms. The van der Waals surface area contributed by atoms with E-state index in [4.69, 9.17) is 17.0 Å². The zero-order valence-corrected chi connectivity index (χ0v) is 17.4. The summed E-state index contributed by atoms with van der Waals surface area (Å²) in [6.45, 7) is 0. The summed E-state index contributed by atoms with van der Waals surface area (Å²) in [5.41, 5.74) is 4.86. The molecule has 2 aliphatic heterocycles. The smallest absolute Gasteiger partial charge is 0.353 e. The molecule has 0 bridgehead atoms. The number of aliphatic carboxylic acids is 1. The quantitative estimate of drug-likeness (QED) is 0.234. The van der Waals surface area contributed by atoms with Crippen LogP contribution in [0.15, 0.2) is 11.3 Å². The average molecular weight is 479 g/mol. The lowest BCUT2D eigenvalue weighted by Crippen LogP contribution is -2.65. The van der Waals surface area contributed by atoms with E-state index in [2.05, 4.69) is 37.2 Å². The van der Waals surface area contributed by atoms with Crippen molar-refractivity contribution in [3.63, 3.8) is 0 Å². The number of alkyl halides is 1. The summed E-state index contributed by atoms with van der Waals surface area (Å²) < 4.78 is 6.45. The summed E-state index contributed by atoms with van der Waals surface area (Å²) in [6.07, 6.45) is -0.619. The Bertz CT molecular complexity index is 828. The number of carbonyl (C=O) groups excluding carboxylic acids is 2. The zero-order valence-electron chi connectivity index (χ0n) is 14.2. The molecule has 3 N–H and O–H groups in total. The fourth-order valence-corrected chi connectivity index (χ4v) is 4.21. The lowest BCUT2D eigenvalue weighted by molar-refractivity contribution is -0.162. The van der Waals surface area contributed by atoms with E-state index in [0.717, 1.165) is 0 Å². The number of carboxylic acids is 1. The minimum Gasteiger partial charge on any atom is -0.477 e. The minimum absolute atomic E-state index is 0.116. The van der Waals surface area contributed by atoms with Crippen molar-refractivity contribution in [2.75, 3.05) is 18.2 Å². The van der Waals surface area contributed by atoms with Gasteiger partial charge in [-0.05, 0) is 10.4 Å². The van der Waals surface area contributed by atoms with E-state index in [1.807, 2.05) is 0 Å². The third-order valence-electron chi connectivity index (χ3n) is 3.61. The topological polar surface area (TPSA) is 154 Å². The number of nitrogens with zero attached hydrogens (tertiary/aromatic N) is 5. The second kappa shape index (κ2) is 8.86. The first-order valence-electron chi connectivity index (χ1n) is 7.29. The van der Waals surface area contributed by atoms with Crippen LogP contribution < -0.4 is 5.73 Å². The normalized spacial score (nSPS) is 21.0. The van der Waals surface area contributed by atoms with Crippen LogP contribution in [0.1, 0.15) is 5.82 Å². The van der Waals surface area contributed by atoms with Crippen LogP contribution in [-0.4, -0.2) is 82.5 Å². The summed E-state index contributed by atoms with van der Waals surface area (Å²) >= 11 is 9.57. The Morgan fingerprint density at radius 2 is 2.15 bits per heavy atom. The van der Waals surface area contributed by atoms with Gasteiger partial charge in [0.2, 0.25) is 5.91 Å². The lowest BCUT2D eigenvalue weighted by Gasteiger charge is -2.48. The number of β-lactam (4-membered cyclic amide) rings is 1. The van der Waals surface area contributed by atoms with Crippen molar-refractivity contribution in [1.82, 2.24) is 25.1 Å². The number of rotatable bonds is 5. The molecule has 1 fully saturated rings. The SMILES string of the molecule is CO[C@@H]1C(=O)N2C(C(=O)O)=C(C(=S)c3nnnn3C)CS[C@@H]12.NC(=O)CBr. The first-order chi connectivity index (χ1) is 12.7. The van der Waals surface area contributed by atoms with Crippen LogP contribution in [0.5, 0.6) is 0 Å². The summed E-state index contributed by atoms with van der Waals surface area (Å²) in [7, 11) is 3.03. The molecule has 3 rings (SSSR count). The number of carbonyl (C=O) groups is 3. The molecule has 11 nitrogen and oxygen atoms in total. The van der Waals surface area contributed by atoms with Crippen molar-refractivity contribution < 1.29 is 24.2 Å².